The van der Waals surface area contributed by atoms with Crippen LogP contribution < -0.4 is 0 Å². The van der Waals surface area contributed by atoms with Crippen molar-refractivity contribution in [3.8, 4) is 12.3 Å². The van der Waals surface area contributed by atoms with Gasteiger partial charge < -0.3 is 5.11 Å². The Morgan fingerprint density at radius 3 is 3.00 bits per heavy atom. The first-order valence-corrected chi connectivity index (χ1v) is 3.09. The first kappa shape index (κ1) is 7.04. The van der Waals surface area contributed by atoms with Crippen LogP contribution in [0.2, 0.25) is 0 Å². The van der Waals surface area contributed by atoms with Crippen LogP contribution in [0.15, 0.2) is 11.6 Å². The standard InChI is InChI=1S/C8H8O2/c1-2-3-6-4-7(9)5-8(6)10/h1,4,7,9H,3,5H2/t7-/m1/s1. The van der Waals surface area contributed by atoms with E-state index in [9.17, 15) is 4.79 Å². The van der Waals surface area contributed by atoms with Gasteiger partial charge in [0.25, 0.3) is 0 Å². The molecular formula is C8H8O2. The third kappa shape index (κ3) is 1.26. The molecule has 1 aliphatic carbocycles. The highest BCUT2D eigenvalue weighted by Crippen LogP contribution is 2.16. The second kappa shape index (κ2) is 2.68. The van der Waals surface area contributed by atoms with Crippen LogP contribution in [0.5, 0.6) is 0 Å². The van der Waals surface area contributed by atoms with Crippen LogP contribution in [0.3, 0.4) is 0 Å². The molecule has 2 heteroatoms. The van der Waals surface area contributed by atoms with E-state index < -0.39 is 6.10 Å². The molecule has 0 saturated heterocycles. The van der Waals surface area contributed by atoms with Crippen molar-refractivity contribution >= 4 is 5.78 Å². The van der Waals surface area contributed by atoms with E-state index in [1.165, 1.54) is 6.08 Å². The molecule has 0 amide bonds. The molecule has 0 aromatic carbocycles. The molecule has 0 unspecified atom stereocenters. The zero-order valence-corrected chi connectivity index (χ0v) is 5.50. The maximum atomic E-state index is 10.9. The van der Waals surface area contributed by atoms with Crippen LogP contribution in [-0.2, 0) is 4.79 Å². The van der Waals surface area contributed by atoms with Crippen molar-refractivity contribution in [3.05, 3.63) is 11.6 Å². The molecule has 2 nitrogen and oxygen atoms in total. The summed E-state index contributed by atoms with van der Waals surface area (Å²) >= 11 is 0. The normalized spacial score (nSPS) is 24.2. The van der Waals surface area contributed by atoms with Gasteiger partial charge in [0, 0.05) is 18.4 Å². The predicted octanol–water partition coefficient (Wildman–Crippen LogP) is 0.270. The van der Waals surface area contributed by atoms with Crippen LogP contribution in [0.4, 0.5) is 0 Å². The van der Waals surface area contributed by atoms with Crippen molar-refractivity contribution in [1.82, 2.24) is 0 Å². The Balaban J connectivity index is 2.68. The molecule has 10 heavy (non-hydrogen) atoms. The Morgan fingerprint density at radius 1 is 1.90 bits per heavy atom. The second-order valence-corrected chi connectivity index (χ2v) is 2.27. The molecular weight excluding hydrogens is 128 g/mol. The molecule has 1 atom stereocenters. The van der Waals surface area contributed by atoms with Crippen molar-refractivity contribution in [2.24, 2.45) is 0 Å². The molecule has 1 N–H and O–H groups in total. The summed E-state index contributed by atoms with van der Waals surface area (Å²) in [6.45, 7) is 0. The van der Waals surface area contributed by atoms with E-state index >= 15 is 0 Å². The van der Waals surface area contributed by atoms with Crippen LogP contribution in [0.25, 0.3) is 0 Å². The second-order valence-electron chi connectivity index (χ2n) is 2.27. The lowest BCUT2D eigenvalue weighted by Crippen LogP contribution is -2.00. The summed E-state index contributed by atoms with van der Waals surface area (Å²) < 4.78 is 0. The van der Waals surface area contributed by atoms with Crippen molar-refractivity contribution in [2.75, 3.05) is 0 Å². The number of terminal acetylenes is 1. The summed E-state index contributed by atoms with van der Waals surface area (Å²) in [6.07, 6.45) is 6.47. The van der Waals surface area contributed by atoms with E-state index in [2.05, 4.69) is 5.92 Å². The van der Waals surface area contributed by atoms with Crippen LogP contribution in [0.1, 0.15) is 12.8 Å². The molecule has 0 fully saturated rings. The van der Waals surface area contributed by atoms with Crippen molar-refractivity contribution < 1.29 is 9.90 Å². The number of rotatable bonds is 1. The molecule has 0 spiro atoms. The van der Waals surface area contributed by atoms with Crippen LogP contribution >= 0.6 is 0 Å². The number of Topliss-reactive ketones (excluding diaryl/α,β-unsaturated/α-hetero) is 1. The molecule has 0 aliphatic heterocycles. The third-order valence-electron chi connectivity index (χ3n) is 1.44. The third-order valence-corrected chi connectivity index (χ3v) is 1.44. The number of allylic oxidation sites excluding steroid dienone is 1. The maximum absolute atomic E-state index is 10.9. The summed E-state index contributed by atoms with van der Waals surface area (Å²) in [5, 5.41) is 8.93. The number of ketones is 1. The lowest BCUT2D eigenvalue weighted by molar-refractivity contribution is -0.115. The summed E-state index contributed by atoms with van der Waals surface area (Å²) in [4.78, 5) is 10.9. The number of hydrogen-bond donors (Lipinski definition) is 1. The molecule has 0 bridgehead atoms. The van der Waals surface area contributed by atoms with Gasteiger partial charge in [0.1, 0.15) is 0 Å². The predicted molar refractivity (Wildman–Crippen MR) is 37.2 cm³/mol. The highest BCUT2D eigenvalue weighted by atomic mass is 16.3. The zero-order valence-electron chi connectivity index (χ0n) is 5.50. The molecule has 1 rings (SSSR count). The SMILES string of the molecule is C#CCC1=C[C@@H](O)CC1=O. The molecule has 0 aromatic heterocycles. The van der Waals surface area contributed by atoms with Crippen LogP contribution in [-0.4, -0.2) is 17.0 Å². The Labute approximate surface area is 59.6 Å². The lowest BCUT2D eigenvalue weighted by Gasteiger charge is -1.89. The van der Waals surface area contributed by atoms with Gasteiger partial charge in [0.15, 0.2) is 5.78 Å². The number of aliphatic hydroxyl groups excluding tert-OH is 1. The Hall–Kier alpha value is -1.07. The van der Waals surface area contributed by atoms with Crippen molar-refractivity contribution in [2.45, 2.75) is 18.9 Å². The van der Waals surface area contributed by atoms with Gasteiger partial charge in [-0.05, 0) is 6.08 Å². The molecule has 0 radical (unpaired) electrons. The quantitative estimate of drug-likeness (QED) is 0.525. The first-order chi connectivity index (χ1) is 4.74. The number of hydrogen-bond acceptors (Lipinski definition) is 2. The van der Waals surface area contributed by atoms with E-state index in [1.54, 1.807) is 0 Å². The van der Waals surface area contributed by atoms with Crippen LogP contribution in [0, 0.1) is 12.3 Å². The molecule has 0 saturated carbocycles. The van der Waals surface area contributed by atoms with Gasteiger partial charge in [0.05, 0.1) is 6.10 Å². The highest BCUT2D eigenvalue weighted by Gasteiger charge is 2.20. The Kier molecular flexibility index (Phi) is 1.88. The monoisotopic (exact) mass is 136 g/mol. The average molecular weight is 136 g/mol. The highest BCUT2D eigenvalue weighted by molar-refractivity contribution is 5.98. The maximum Gasteiger partial charge on any atom is 0.162 e. The Bertz CT molecular complexity index is 220. The van der Waals surface area contributed by atoms with Gasteiger partial charge in [-0.2, -0.15) is 0 Å². The smallest absolute Gasteiger partial charge is 0.162 e. The van der Waals surface area contributed by atoms with Gasteiger partial charge >= 0.3 is 0 Å². The largest absolute Gasteiger partial charge is 0.389 e. The topological polar surface area (TPSA) is 37.3 Å². The van der Waals surface area contributed by atoms with Gasteiger partial charge in [-0.25, -0.2) is 0 Å². The lowest BCUT2D eigenvalue weighted by atomic mass is 10.1. The van der Waals surface area contributed by atoms with Crippen molar-refractivity contribution in [1.29, 1.82) is 0 Å². The van der Waals surface area contributed by atoms with E-state index in [0.717, 1.165) is 0 Å². The average Bonchev–Trinajstić information content (AvgIpc) is 2.13. The van der Waals surface area contributed by atoms with E-state index in [1.807, 2.05) is 0 Å². The molecule has 1 aliphatic rings. The molecule has 52 valence electrons. The minimum atomic E-state index is -0.601. The van der Waals surface area contributed by atoms with E-state index in [4.69, 9.17) is 11.5 Å². The van der Waals surface area contributed by atoms with Gasteiger partial charge in [-0.1, -0.05) is 0 Å². The van der Waals surface area contributed by atoms with E-state index in [-0.39, 0.29) is 12.2 Å². The number of carbonyl (C=O) groups excluding carboxylic acids is 1. The minimum absolute atomic E-state index is 0.0227. The van der Waals surface area contributed by atoms with Gasteiger partial charge in [-0.3, -0.25) is 4.79 Å². The Morgan fingerprint density at radius 2 is 2.60 bits per heavy atom. The van der Waals surface area contributed by atoms with Gasteiger partial charge in [-0.15, -0.1) is 12.3 Å². The fourth-order valence-corrected chi connectivity index (χ4v) is 0.973. The molecule has 0 aromatic rings. The minimum Gasteiger partial charge on any atom is -0.389 e. The summed E-state index contributed by atoms with van der Waals surface area (Å²) in [7, 11) is 0. The van der Waals surface area contributed by atoms with Gasteiger partial charge in [0.2, 0.25) is 0 Å². The van der Waals surface area contributed by atoms with Crippen molar-refractivity contribution in [3.63, 3.8) is 0 Å². The zero-order chi connectivity index (χ0) is 7.56. The first-order valence-electron chi connectivity index (χ1n) is 3.09. The number of aliphatic hydroxyl groups is 1. The van der Waals surface area contributed by atoms with E-state index in [0.29, 0.717) is 12.0 Å². The molecule has 0 heterocycles. The summed E-state index contributed by atoms with van der Waals surface area (Å²) in [5.41, 5.74) is 0.579. The fraction of sp³-hybridized carbons (Fsp3) is 0.375. The summed E-state index contributed by atoms with van der Waals surface area (Å²) in [6, 6.07) is 0. The number of carbonyl (C=O) groups is 1. The summed E-state index contributed by atoms with van der Waals surface area (Å²) in [5.74, 6) is 2.34. The fourth-order valence-electron chi connectivity index (χ4n) is 0.973.